The number of hydrogen-bond donors (Lipinski definition) is 2. The summed E-state index contributed by atoms with van der Waals surface area (Å²) in [5, 5.41) is 3.93. The van der Waals surface area contributed by atoms with Gasteiger partial charge in [0.05, 0.1) is 5.56 Å². The van der Waals surface area contributed by atoms with Crippen LogP contribution in [0.1, 0.15) is 39.0 Å². The number of aromatic nitrogens is 4. The number of benzene rings is 1. The van der Waals surface area contributed by atoms with Gasteiger partial charge in [-0.15, -0.1) is 0 Å². The van der Waals surface area contributed by atoms with E-state index in [-0.39, 0.29) is 11.7 Å². The minimum absolute atomic E-state index is 0.266. The second-order valence-corrected chi connectivity index (χ2v) is 10.2. The average molecular weight is 542 g/mol. The molecule has 1 aliphatic rings. The van der Waals surface area contributed by atoms with Crippen molar-refractivity contribution in [3.8, 4) is 0 Å². The molecule has 3 N–H and O–H groups in total. The minimum atomic E-state index is -1.26. The fraction of sp³-hybridized carbons (Fsp3) is 0.400. The summed E-state index contributed by atoms with van der Waals surface area (Å²) in [6.07, 6.45) is 2.92. The van der Waals surface area contributed by atoms with Gasteiger partial charge in [0.15, 0.2) is 27.7 Å². The van der Waals surface area contributed by atoms with Gasteiger partial charge < -0.3 is 34.7 Å². The van der Waals surface area contributed by atoms with E-state index in [2.05, 4.69) is 20.3 Å². The van der Waals surface area contributed by atoms with Crippen LogP contribution in [0.2, 0.25) is 0 Å². The van der Waals surface area contributed by atoms with Crippen molar-refractivity contribution in [1.29, 1.82) is 0 Å². The van der Waals surface area contributed by atoms with Gasteiger partial charge in [0.25, 0.3) is 12.2 Å². The van der Waals surface area contributed by atoms with Crippen LogP contribution in [0.5, 0.6) is 0 Å². The first kappa shape index (κ1) is 27.0. The van der Waals surface area contributed by atoms with Gasteiger partial charge in [0.2, 0.25) is 5.09 Å². The molecule has 0 bridgehead atoms. The first-order valence-electron chi connectivity index (χ1n) is 12.0. The van der Waals surface area contributed by atoms with Crippen molar-refractivity contribution in [3.63, 3.8) is 0 Å². The molecule has 0 fully saturated rings. The van der Waals surface area contributed by atoms with Crippen molar-refractivity contribution >= 4 is 46.3 Å². The van der Waals surface area contributed by atoms with Crippen LogP contribution in [0.4, 0.5) is 11.5 Å². The Morgan fingerprint density at radius 1 is 1.26 bits per heavy atom. The number of thioether (sulfide) groups is 1. The summed E-state index contributed by atoms with van der Waals surface area (Å²) in [5.41, 5.74) is 7.74. The number of nitrogens with one attached hydrogen (secondary N) is 1. The van der Waals surface area contributed by atoms with E-state index in [9.17, 15) is 9.59 Å². The quantitative estimate of drug-likeness (QED) is 0.288. The third kappa shape index (κ3) is 5.93. The fourth-order valence-electron chi connectivity index (χ4n) is 3.92. The second-order valence-electron chi connectivity index (χ2n) is 9.27. The van der Waals surface area contributed by atoms with Crippen LogP contribution in [-0.4, -0.2) is 57.6 Å². The number of carbonyl (C=O) groups excluding carboxylic acids is 2. The number of nitrogens with two attached hydrogens (primary N) is 1. The predicted molar refractivity (Wildman–Crippen MR) is 143 cm³/mol. The molecule has 38 heavy (non-hydrogen) atoms. The number of nitrogens with zero attached hydrogens (tertiary/aromatic N) is 5. The Kier molecular flexibility index (Phi) is 7.95. The third-order valence-corrected chi connectivity index (χ3v) is 6.58. The smallest absolute Gasteiger partial charge is 0.303 e. The van der Waals surface area contributed by atoms with Crippen LogP contribution in [0.15, 0.2) is 47.1 Å². The molecule has 0 saturated carbocycles. The summed E-state index contributed by atoms with van der Waals surface area (Å²) in [6, 6.07) is 7.86. The number of hydrogen-bond acceptors (Lipinski definition) is 11. The molecule has 13 heteroatoms. The number of para-hydroxylation sites is 1. The molecular weight excluding hydrogens is 510 g/mol. The Morgan fingerprint density at radius 2 is 2.03 bits per heavy atom. The lowest BCUT2D eigenvalue weighted by atomic mass is 10.1. The highest BCUT2D eigenvalue weighted by molar-refractivity contribution is 8.02. The average Bonchev–Trinajstić information content (AvgIpc) is 3.46. The van der Waals surface area contributed by atoms with E-state index in [1.54, 1.807) is 20.1 Å². The van der Waals surface area contributed by atoms with Crippen LogP contribution in [0.3, 0.4) is 0 Å². The highest BCUT2D eigenvalue weighted by atomic mass is 32.2. The molecule has 0 spiro atoms. The minimum Gasteiger partial charge on any atom is -0.454 e. The maximum atomic E-state index is 12.4. The highest BCUT2D eigenvalue weighted by Crippen LogP contribution is 2.40. The van der Waals surface area contributed by atoms with Crippen molar-refractivity contribution in [3.05, 3.63) is 47.5 Å². The van der Waals surface area contributed by atoms with Gasteiger partial charge in [-0.25, -0.2) is 15.0 Å². The van der Waals surface area contributed by atoms with Crippen LogP contribution in [-0.2, 0) is 30.3 Å². The molecule has 1 atom stereocenters. The van der Waals surface area contributed by atoms with E-state index >= 15 is 0 Å². The highest BCUT2D eigenvalue weighted by Gasteiger charge is 2.31. The molecule has 3 aromatic rings. The lowest BCUT2D eigenvalue weighted by Gasteiger charge is -2.23. The number of amides is 1. The third-order valence-electron chi connectivity index (χ3n) is 5.69. The molecule has 1 unspecified atom stereocenters. The summed E-state index contributed by atoms with van der Waals surface area (Å²) in [5.74, 6) is -0.633. The standard InChI is InChI=1S/C25H31N7O5S/c1-15(33)37-25(2,3)23(34)27-11-8-12-32-21-19(20(26)28-14-29-21)30-24(32)38-18-13-35-22(36-18)16-9-6-7-10-17(16)31(4)5/h6-7,9-10,13-14,22H,8,11-12H2,1-5H3,(H,27,34)(H2,26,28,29). The summed E-state index contributed by atoms with van der Waals surface area (Å²) in [7, 11) is 3.93. The SMILES string of the molecule is CC(=O)OC(C)(C)C(=O)NCCCn1c(SC2=COC(c3ccccc3N(C)C)O2)nc2c(N)ncnc21. The Bertz CT molecular complexity index is 1370. The zero-order chi connectivity index (χ0) is 27.4. The number of esters is 1. The van der Waals surface area contributed by atoms with Crippen LogP contribution in [0.25, 0.3) is 11.2 Å². The summed E-state index contributed by atoms with van der Waals surface area (Å²) < 4.78 is 18.9. The molecular formula is C25H31N7O5S. The summed E-state index contributed by atoms with van der Waals surface area (Å²) in [4.78, 5) is 38.8. The maximum Gasteiger partial charge on any atom is 0.303 e. The number of ether oxygens (including phenoxy) is 3. The van der Waals surface area contributed by atoms with Gasteiger partial charge in [-0.3, -0.25) is 9.59 Å². The first-order valence-corrected chi connectivity index (χ1v) is 12.8. The molecule has 3 heterocycles. The largest absolute Gasteiger partial charge is 0.454 e. The Morgan fingerprint density at radius 3 is 2.76 bits per heavy atom. The topological polar surface area (TPSA) is 147 Å². The summed E-state index contributed by atoms with van der Waals surface area (Å²) >= 11 is 1.28. The van der Waals surface area contributed by atoms with Crippen molar-refractivity contribution in [1.82, 2.24) is 24.8 Å². The fourth-order valence-corrected chi connectivity index (χ4v) is 4.76. The van der Waals surface area contributed by atoms with E-state index in [4.69, 9.17) is 19.9 Å². The predicted octanol–water partition coefficient (Wildman–Crippen LogP) is 2.96. The normalized spacial score (nSPS) is 15.0. The van der Waals surface area contributed by atoms with Gasteiger partial charge >= 0.3 is 5.97 Å². The molecule has 0 aliphatic carbocycles. The lowest BCUT2D eigenvalue weighted by Crippen LogP contribution is -2.45. The van der Waals surface area contributed by atoms with E-state index in [0.29, 0.717) is 40.9 Å². The van der Waals surface area contributed by atoms with Gasteiger partial charge in [-0.05, 0) is 44.2 Å². The molecule has 0 radical (unpaired) electrons. The number of carbonyl (C=O) groups is 2. The van der Waals surface area contributed by atoms with Gasteiger partial charge in [0, 0.05) is 39.8 Å². The van der Waals surface area contributed by atoms with Crippen LogP contribution >= 0.6 is 11.8 Å². The molecule has 2 aromatic heterocycles. The molecule has 4 rings (SSSR count). The molecule has 0 saturated heterocycles. The van der Waals surface area contributed by atoms with Crippen LogP contribution < -0.4 is 16.0 Å². The second kappa shape index (κ2) is 11.2. The number of rotatable bonds is 10. The van der Waals surface area contributed by atoms with Gasteiger partial charge in [-0.2, -0.15) is 0 Å². The van der Waals surface area contributed by atoms with Gasteiger partial charge in [0.1, 0.15) is 12.6 Å². The number of fused-ring (bicyclic) bond motifs is 1. The lowest BCUT2D eigenvalue weighted by molar-refractivity contribution is -0.162. The zero-order valence-corrected chi connectivity index (χ0v) is 22.7. The Labute approximate surface area is 224 Å². The van der Waals surface area contributed by atoms with E-state index in [1.807, 2.05) is 47.8 Å². The van der Waals surface area contributed by atoms with Gasteiger partial charge in [-0.1, -0.05) is 12.1 Å². The molecule has 202 valence electrons. The number of nitrogen functional groups attached to an aromatic ring is 1. The van der Waals surface area contributed by atoms with E-state index in [1.165, 1.54) is 25.0 Å². The Hall–Kier alpha value is -4.00. The number of anilines is 2. The zero-order valence-electron chi connectivity index (χ0n) is 21.9. The van der Waals surface area contributed by atoms with E-state index < -0.39 is 17.9 Å². The summed E-state index contributed by atoms with van der Waals surface area (Å²) in [6.45, 7) is 5.18. The first-order chi connectivity index (χ1) is 18.1. The maximum absolute atomic E-state index is 12.4. The van der Waals surface area contributed by atoms with Crippen molar-refractivity contribution in [2.75, 3.05) is 31.3 Å². The van der Waals surface area contributed by atoms with Crippen LogP contribution in [0, 0.1) is 0 Å². The molecule has 1 amide bonds. The molecule has 1 aromatic carbocycles. The van der Waals surface area contributed by atoms with Crippen molar-refractivity contribution in [2.45, 2.75) is 50.8 Å². The monoisotopic (exact) mass is 541 g/mol. The van der Waals surface area contributed by atoms with Crippen molar-refractivity contribution in [2.24, 2.45) is 0 Å². The number of aryl methyl sites for hydroxylation is 1. The molecule has 12 nitrogen and oxygen atoms in total. The Balaban J connectivity index is 1.46. The van der Waals surface area contributed by atoms with Crippen molar-refractivity contribution < 1.29 is 23.8 Å². The molecule has 1 aliphatic heterocycles. The number of imidazole rings is 1. The van der Waals surface area contributed by atoms with E-state index in [0.717, 1.165) is 11.3 Å².